The summed E-state index contributed by atoms with van der Waals surface area (Å²) in [6.07, 6.45) is 4.53. The number of hydrogen-bond acceptors (Lipinski definition) is 6. The van der Waals surface area contributed by atoms with E-state index in [-0.39, 0.29) is 35.9 Å². The highest BCUT2D eigenvalue weighted by molar-refractivity contribution is 5.76. The molecule has 0 bridgehead atoms. The molecule has 152 valence electrons. The molecule has 2 N–H and O–H groups in total. The minimum atomic E-state index is -0.523. The fraction of sp³-hybridized carbons (Fsp3) is 0.857. The molecule has 4 aliphatic rings. The molecular formula is C21H34N2O4. The van der Waals surface area contributed by atoms with Gasteiger partial charge in [-0.2, -0.15) is 0 Å². The van der Waals surface area contributed by atoms with Crippen molar-refractivity contribution in [1.82, 2.24) is 9.80 Å². The van der Waals surface area contributed by atoms with Gasteiger partial charge in [-0.3, -0.25) is 14.6 Å². The van der Waals surface area contributed by atoms with E-state index in [4.69, 9.17) is 9.84 Å². The maximum atomic E-state index is 12.7. The highest BCUT2D eigenvalue weighted by Gasteiger charge is 2.59. The molecule has 2 aliphatic heterocycles. The van der Waals surface area contributed by atoms with Crippen LogP contribution in [0.5, 0.6) is 0 Å². The molecule has 6 heteroatoms. The summed E-state index contributed by atoms with van der Waals surface area (Å²) in [5, 5.41) is 20.5. The first-order chi connectivity index (χ1) is 12.9. The second-order valence-electron chi connectivity index (χ2n) is 9.16. The predicted molar refractivity (Wildman–Crippen MR) is 102 cm³/mol. The third-order valence-electron chi connectivity index (χ3n) is 7.91. The van der Waals surface area contributed by atoms with Crippen molar-refractivity contribution in [2.24, 2.45) is 23.2 Å². The Hall–Kier alpha value is -0.950. The Labute approximate surface area is 162 Å². The van der Waals surface area contributed by atoms with E-state index in [1.807, 2.05) is 0 Å². The van der Waals surface area contributed by atoms with Gasteiger partial charge in [0.05, 0.1) is 18.6 Å². The van der Waals surface area contributed by atoms with Crippen LogP contribution in [-0.4, -0.2) is 84.1 Å². The normalized spacial score (nSPS) is 43.0. The van der Waals surface area contributed by atoms with Crippen molar-refractivity contribution in [1.29, 1.82) is 0 Å². The van der Waals surface area contributed by atoms with E-state index >= 15 is 0 Å². The average Bonchev–Trinajstić information content (AvgIpc) is 2.95. The summed E-state index contributed by atoms with van der Waals surface area (Å²) in [7, 11) is 0. The largest absolute Gasteiger partial charge is 0.461 e. The van der Waals surface area contributed by atoms with Crippen LogP contribution < -0.4 is 0 Å². The Morgan fingerprint density at radius 2 is 1.96 bits per heavy atom. The quantitative estimate of drug-likeness (QED) is 0.559. The Balaban J connectivity index is 1.48. The van der Waals surface area contributed by atoms with Gasteiger partial charge in [-0.15, -0.1) is 0 Å². The average molecular weight is 379 g/mol. The number of nitrogens with zero attached hydrogens (tertiary/aromatic N) is 2. The Morgan fingerprint density at radius 1 is 1.26 bits per heavy atom. The minimum Gasteiger partial charge on any atom is -0.461 e. The first kappa shape index (κ1) is 19.4. The second-order valence-corrected chi connectivity index (χ2v) is 9.16. The minimum absolute atomic E-state index is 0.101. The zero-order valence-electron chi connectivity index (χ0n) is 16.6. The summed E-state index contributed by atoms with van der Waals surface area (Å²) in [5.41, 5.74) is 1.06. The standard InChI is InChI=1S/C21H34N2O4/c1-14-4-3-5-15-12-17-18(19(25)21(14,15)2)16(20(26)27-17)13-23-8-6-22(7-9-23)10-11-24/h5,14,16-19,24-25H,3-4,6-13H2,1-2H3/t14-,16+,17+,18+,19-,21+/m0/s1. The van der Waals surface area contributed by atoms with Crippen molar-refractivity contribution in [2.45, 2.75) is 45.3 Å². The lowest BCUT2D eigenvalue weighted by atomic mass is 9.55. The molecule has 0 unspecified atom stereocenters. The summed E-state index contributed by atoms with van der Waals surface area (Å²) in [6, 6.07) is 0. The van der Waals surface area contributed by atoms with Gasteiger partial charge in [-0.25, -0.2) is 0 Å². The van der Waals surface area contributed by atoms with Crippen molar-refractivity contribution in [3.63, 3.8) is 0 Å². The van der Waals surface area contributed by atoms with Crippen LogP contribution >= 0.6 is 0 Å². The van der Waals surface area contributed by atoms with Gasteiger partial charge in [0, 0.05) is 57.0 Å². The highest BCUT2D eigenvalue weighted by atomic mass is 16.6. The molecule has 0 spiro atoms. The monoisotopic (exact) mass is 378 g/mol. The lowest BCUT2D eigenvalue weighted by Crippen LogP contribution is -2.55. The first-order valence-corrected chi connectivity index (χ1v) is 10.6. The molecule has 6 nitrogen and oxygen atoms in total. The molecule has 2 heterocycles. The fourth-order valence-corrected chi connectivity index (χ4v) is 5.89. The van der Waals surface area contributed by atoms with Gasteiger partial charge >= 0.3 is 5.97 Å². The topological polar surface area (TPSA) is 73.2 Å². The Kier molecular flexibility index (Phi) is 5.36. The van der Waals surface area contributed by atoms with E-state index in [0.29, 0.717) is 19.0 Å². The van der Waals surface area contributed by atoms with Crippen LogP contribution in [0.2, 0.25) is 0 Å². The Morgan fingerprint density at radius 3 is 2.67 bits per heavy atom. The molecule has 0 aromatic carbocycles. The number of rotatable bonds is 4. The molecule has 0 radical (unpaired) electrons. The zero-order chi connectivity index (χ0) is 19.2. The molecule has 4 rings (SSSR count). The molecule has 27 heavy (non-hydrogen) atoms. The molecule has 0 amide bonds. The number of aliphatic hydroxyl groups is 2. The van der Waals surface area contributed by atoms with Crippen molar-refractivity contribution in [2.75, 3.05) is 45.9 Å². The maximum Gasteiger partial charge on any atom is 0.311 e. The summed E-state index contributed by atoms with van der Waals surface area (Å²) < 4.78 is 5.77. The van der Waals surface area contributed by atoms with Crippen LogP contribution in [0.3, 0.4) is 0 Å². The van der Waals surface area contributed by atoms with Crippen molar-refractivity contribution >= 4 is 5.97 Å². The van der Waals surface area contributed by atoms with E-state index in [1.54, 1.807) is 0 Å². The van der Waals surface area contributed by atoms with E-state index < -0.39 is 6.10 Å². The molecular weight excluding hydrogens is 344 g/mol. The molecule has 2 saturated heterocycles. The molecule has 2 aliphatic carbocycles. The van der Waals surface area contributed by atoms with E-state index in [0.717, 1.165) is 45.4 Å². The lowest BCUT2D eigenvalue weighted by molar-refractivity contribution is -0.145. The predicted octanol–water partition coefficient (Wildman–Crippen LogP) is 0.881. The van der Waals surface area contributed by atoms with Gasteiger partial charge in [0.1, 0.15) is 6.10 Å². The molecule has 6 atom stereocenters. The van der Waals surface area contributed by atoms with Gasteiger partial charge in [-0.05, 0) is 18.8 Å². The van der Waals surface area contributed by atoms with Crippen LogP contribution in [0.1, 0.15) is 33.1 Å². The smallest absolute Gasteiger partial charge is 0.311 e. The number of carbonyl (C=O) groups excluding carboxylic acids is 1. The number of hydrogen-bond donors (Lipinski definition) is 2. The third-order valence-corrected chi connectivity index (χ3v) is 7.91. The molecule has 1 saturated carbocycles. The van der Waals surface area contributed by atoms with Gasteiger partial charge < -0.3 is 14.9 Å². The van der Waals surface area contributed by atoms with Crippen molar-refractivity contribution < 1.29 is 19.7 Å². The van der Waals surface area contributed by atoms with E-state index in [1.165, 1.54) is 5.57 Å². The summed E-state index contributed by atoms with van der Waals surface area (Å²) in [5.74, 6) is -0.0401. The summed E-state index contributed by atoms with van der Waals surface area (Å²) in [4.78, 5) is 17.3. The maximum absolute atomic E-state index is 12.7. The number of carbonyl (C=O) groups is 1. The number of ether oxygens (including phenoxy) is 1. The number of β-amino-alcohol motifs (C(OH)–C–C–N with tert-alkyl or cyclic N) is 1. The summed E-state index contributed by atoms with van der Waals surface area (Å²) in [6.45, 7) is 9.65. The zero-order valence-corrected chi connectivity index (χ0v) is 16.6. The van der Waals surface area contributed by atoms with Gasteiger partial charge in [0.25, 0.3) is 0 Å². The number of aliphatic hydroxyl groups excluding tert-OH is 2. The summed E-state index contributed by atoms with van der Waals surface area (Å²) >= 11 is 0. The van der Waals surface area contributed by atoms with Gasteiger partial charge in [0.2, 0.25) is 0 Å². The van der Waals surface area contributed by atoms with Gasteiger partial charge in [-0.1, -0.05) is 25.5 Å². The van der Waals surface area contributed by atoms with Crippen LogP contribution in [0.4, 0.5) is 0 Å². The second kappa shape index (κ2) is 7.47. The number of esters is 1. The van der Waals surface area contributed by atoms with Crippen LogP contribution in [0.25, 0.3) is 0 Å². The van der Waals surface area contributed by atoms with Crippen molar-refractivity contribution in [3.8, 4) is 0 Å². The first-order valence-electron chi connectivity index (χ1n) is 10.6. The van der Waals surface area contributed by atoms with Crippen LogP contribution in [-0.2, 0) is 9.53 Å². The lowest BCUT2D eigenvalue weighted by Gasteiger charge is -2.52. The molecule has 0 aromatic rings. The number of piperazine rings is 1. The SMILES string of the molecule is C[C@H]1CCC=C2C[C@H]3OC(=O)[C@H](CN4CCN(CCO)CC4)[C@H]3[C@H](O)[C@@]21C. The fourth-order valence-electron chi connectivity index (χ4n) is 5.89. The van der Waals surface area contributed by atoms with Crippen molar-refractivity contribution in [3.05, 3.63) is 11.6 Å². The van der Waals surface area contributed by atoms with E-state index in [9.17, 15) is 9.90 Å². The Bertz CT molecular complexity index is 601. The van der Waals surface area contributed by atoms with Crippen LogP contribution in [0, 0.1) is 23.2 Å². The van der Waals surface area contributed by atoms with Crippen LogP contribution in [0.15, 0.2) is 11.6 Å². The third kappa shape index (κ3) is 3.24. The number of allylic oxidation sites excluding steroid dienone is 1. The van der Waals surface area contributed by atoms with Gasteiger partial charge in [0.15, 0.2) is 0 Å². The highest BCUT2D eigenvalue weighted by Crippen LogP contribution is 2.56. The molecule has 3 fully saturated rings. The molecule has 0 aromatic heterocycles. The number of fused-ring (bicyclic) bond motifs is 2. The van der Waals surface area contributed by atoms with E-state index in [2.05, 4.69) is 29.7 Å².